The molecule has 0 spiro atoms. The predicted molar refractivity (Wildman–Crippen MR) is 129 cm³/mol. The van der Waals surface area contributed by atoms with Crippen LogP contribution >= 0.6 is 0 Å². The number of carboxylic acids is 1. The minimum absolute atomic E-state index is 0.0365. The van der Waals surface area contributed by atoms with Crippen LogP contribution < -0.4 is 10.6 Å². The van der Waals surface area contributed by atoms with Crippen LogP contribution in [0.15, 0.2) is 54.6 Å². The van der Waals surface area contributed by atoms with Gasteiger partial charge in [-0.05, 0) is 34.7 Å². The maximum Gasteiger partial charge on any atom is 0.407 e. The van der Waals surface area contributed by atoms with Gasteiger partial charge in [0.05, 0.1) is 12.2 Å². The number of alkyl carbamates (subject to hydrolysis) is 1. The first kappa shape index (κ1) is 24.0. The summed E-state index contributed by atoms with van der Waals surface area (Å²) in [6.07, 6.45) is 0.0475. The average molecular weight is 477 g/mol. The Morgan fingerprint density at radius 2 is 1.71 bits per heavy atom. The largest absolute Gasteiger partial charge is 0.477 e. The molecular formula is C26H28N4O5. The molecule has 0 radical (unpaired) electrons. The summed E-state index contributed by atoms with van der Waals surface area (Å²) in [5.74, 6) is -1.40. The summed E-state index contributed by atoms with van der Waals surface area (Å²) in [5, 5.41) is 18.7. The van der Waals surface area contributed by atoms with E-state index in [1.165, 1.54) is 17.8 Å². The van der Waals surface area contributed by atoms with Crippen molar-refractivity contribution in [3.8, 4) is 11.1 Å². The summed E-state index contributed by atoms with van der Waals surface area (Å²) < 4.78 is 6.82. The fraction of sp³-hybridized carbons (Fsp3) is 0.308. The van der Waals surface area contributed by atoms with Gasteiger partial charge in [0.15, 0.2) is 0 Å². The zero-order valence-electron chi connectivity index (χ0n) is 19.7. The van der Waals surface area contributed by atoms with Crippen molar-refractivity contribution in [3.05, 3.63) is 77.1 Å². The predicted octanol–water partition coefficient (Wildman–Crippen LogP) is 3.44. The molecule has 0 saturated carbocycles. The molecule has 0 fully saturated rings. The molecule has 1 atom stereocenters. The third-order valence-corrected chi connectivity index (χ3v) is 6.21. The fourth-order valence-corrected chi connectivity index (χ4v) is 4.40. The monoisotopic (exact) mass is 476 g/mol. The number of hydrogen-bond acceptors (Lipinski definition) is 5. The topological polar surface area (TPSA) is 123 Å². The molecule has 182 valence electrons. The number of nitrogens with one attached hydrogen (secondary N) is 2. The number of hydrogen-bond donors (Lipinski definition) is 3. The number of fused-ring (bicyclic) bond motifs is 3. The molecule has 1 aliphatic carbocycles. The van der Waals surface area contributed by atoms with Crippen LogP contribution in [0, 0.1) is 0 Å². The zero-order chi connectivity index (χ0) is 24.9. The lowest BCUT2D eigenvalue weighted by atomic mass is 9.98. The van der Waals surface area contributed by atoms with Crippen molar-refractivity contribution in [2.45, 2.75) is 38.3 Å². The Bertz CT molecular complexity index is 1210. The molecule has 2 amide bonds. The number of aromatic carboxylic acids is 1. The number of amides is 2. The van der Waals surface area contributed by atoms with Crippen molar-refractivity contribution in [2.24, 2.45) is 7.05 Å². The van der Waals surface area contributed by atoms with E-state index >= 15 is 0 Å². The molecule has 0 aliphatic heterocycles. The van der Waals surface area contributed by atoms with Gasteiger partial charge in [0.2, 0.25) is 5.91 Å². The molecule has 3 aromatic rings. The molecule has 1 aromatic heterocycles. The van der Waals surface area contributed by atoms with E-state index in [1.807, 2.05) is 31.2 Å². The maximum atomic E-state index is 12.5. The van der Waals surface area contributed by atoms with Crippen LogP contribution in [0.25, 0.3) is 11.1 Å². The smallest absolute Gasteiger partial charge is 0.407 e. The molecule has 1 aliphatic rings. The molecule has 35 heavy (non-hydrogen) atoms. The fourth-order valence-electron chi connectivity index (χ4n) is 4.40. The lowest BCUT2D eigenvalue weighted by Crippen LogP contribution is -2.39. The van der Waals surface area contributed by atoms with E-state index in [4.69, 9.17) is 9.84 Å². The van der Waals surface area contributed by atoms with Crippen molar-refractivity contribution in [3.63, 3.8) is 0 Å². The van der Waals surface area contributed by atoms with Gasteiger partial charge in [0.1, 0.15) is 12.3 Å². The average Bonchev–Trinajstić information content (AvgIpc) is 3.38. The number of carboxylic acid groups (broad SMARTS) is 1. The lowest BCUT2D eigenvalue weighted by Gasteiger charge is -2.18. The van der Waals surface area contributed by atoms with Crippen LogP contribution in [0.4, 0.5) is 4.79 Å². The Morgan fingerprint density at radius 3 is 2.29 bits per heavy atom. The second-order valence-corrected chi connectivity index (χ2v) is 8.51. The second kappa shape index (κ2) is 10.4. The number of aromatic nitrogens is 2. The highest BCUT2D eigenvalue weighted by Crippen LogP contribution is 2.44. The Morgan fingerprint density at radius 1 is 1.09 bits per heavy atom. The van der Waals surface area contributed by atoms with E-state index in [9.17, 15) is 14.4 Å². The van der Waals surface area contributed by atoms with Gasteiger partial charge >= 0.3 is 12.1 Å². The first-order valence-electron chi connectivity index (χ1n) is 11.5. The number of nitrogens with zero attached hydrogens (tertiary/aromatic N) is 2. The molecule has 2 aromatic carbocycles. The highest BCUT2D eigenvalue weighted by molar-refractivity contribution is 5.85. The third-order valence-electron chi connectivity index (χ3n) is 6.21. The Hall–Kier alpha value is -4.14. The highest BCUT2D eigenvalue weighted by Gasteiger charge is 2.29. The minimum atomic E-state index is -1.09. The highest BCUT2D eigenvalue weighted by atomic mass is 16.5. The minimum Gasteiger partial charge on any atom is -0.477 e. The Kier molecular flexibility index (Phi) is 7.14. The van der Waals surface area contributed by atoms with Gasteiger partial charge < -0.3 is 20.5 Å². The molecule has 1 heterocycles. The van der Waals surface area contributed by atoms with E-state index < -0.39 is 18.1 Å². The number of benzene rings is 2. The van der Waals surface area contributed by atoms with E-state index in [0.717, 1.165) is 22.3 Å². The Labute approximate surface area is 203 Å². The maximum absolute atomic E-state index is 12.5. The van der Waals surface area contributed by atoms with Crippen LogP contribution in [0.2, 0.25) is 0 Å². The molecule has 0 unspecified atom stereocenters. The van der Waals surface area contributed by atoms with Gasteiger partial charge in [-0.25, -0.2) is 9.59 Å². The van der Waals surface area contributed by atoms with Crippen molar-refractivity contribution >= 4 is 18.0 Å². The molecule has 9 heteroatoms. The number of rotatable bonds is 9. The van der Waals surface area contributed by atoms with Crippen LogP contribution in [-0.4, -0.2) is 45.5 Å². The van der Waals surface area contributed by atoms with Crippen molar-refractivity contribution in [1.29, 1.82) is 0 Å². The summed E-state index contributed by atoms with van der Waals surface area (Å²) in [4.78, 5) is 36.0. The van der Waals surface area contributed by atoms with Crippen LogP contribution in [-0.2, 0) is 23.1 Å². The van der Waals surface area contributed by atoms with Crippen molar-refractivity contribution in [2.75, 3.05) is 6.61 Å². The van der Waals surface area contributed by atoms with Crippen molar-refractivity contribution < 1.29 is 24.2 Å². The quantitative estimate of drug-likeness (QED) is 0.435. The van der Waals surface area contributed by atoms with Gasteiger partial charge in [-0.15, -0.1) is 0 Å². The van der Waals surface area contributed by atoms with E-state index in [1.54, 1.807) is 0 Å². The zero-order valence-corrected chi connectivity index (χ0v) is 19.7. The molecule has 0 bridgehead atoms. The van der Waals surface area contributed by atoms with E-state index in [-0.39, 0.29) is 37.1 Å². The SMILES string of the molecule is CC[C@H](CC(=O)NCc1cc(C(=O)O)n(C)n1)NC(=O)OCC1c2ccccc2-c2ccccc21. The van der Waals surface area contributed by atoms with E-state index in [0.29, 0.717) is 12.1 Å². The van der Waals surface area contributed by atoms with Crippen molar-refractivity contribution in [1.82, 2.24) is 20.4 Å². The van der Waals surface area contributed by atoms with Gasteiger partial charge in [-0.1, -0.05) is 55.5 Å². The Balaban J connectivity index is 1.28. The molecule has 9 nitrogen and oxygen atoms in total. The standard InChI is InChI=1S/C26H28N4O5/c1-3-16(13-24(31)27-14-17-12-23(25(32)33)30(2)29-17)28-26(34)35-15-22-20-10-6-4-8-18(20)19-9-5-7-11-21(19)22/h4-12,16,22H,3,13-15H2,1-2H3,(H,27,31)(H,28,34)(H,32,33)/t16-/m1/s1. The summed E-state index contributed by atoms with van der Waals surface area (Å²) in [7, 11) is 1.53. The third kappa shape index (κ3) is 5.34. The first-order chi connectivity index (χ1) is 16.9. The number of aryl methyl sites for hydroxylation is 1. The van der Waals surface area contributed by atoms with Crippen LogP contribution in [0.5, 0.6) is 0 Å². The summed E-state index contributed by atoms with van der Waals surface area (Å²) in [6, 6.07) is 17.2. The second-order valence-electron chi connectivity index (χ2n) is 8.51. The summed E-state index contributed by atoms with van der Waals surface area (Å²) in [6.45, 7) is 2.18. The molecule has 4 rings (SSSR count). The number of ether oxygens (including phenoxy) is 1. The summed E-state index contributed by atoms with van der Waals surface area (Å²) in [5.41, 5.74) is 5.06. The number of carbonyl (C=O) groups is 3. The van der Waals surface area contributed by atoms with Gasteiger partial charge in [0.25, 0.3) is 0 Å². The van der Waals surface area contributed by atoms with Gasteiger partial charge in [0, 0.05) is 25.4 Å². The first-order valence-corrected chi connectivity index (χ1v) is 11.5. The van der Waals surface area contributed by atoms with Gasteiger partial charge in [-0.3, -0.25) is 9.48 Å². The van der Waals surface area contributed by atoms with E-state index in [2.05, 4.69) is 40.0 Å². The molecule has 0 saturated heterocycles. The normalized spacial score (nSPS) is 13.0. The van der Waals surface area contributed by atoms with Crippen LogP contribution in [0.3, 0.4) is 0 Å². The molecule has 3 N–H and O–H groups in total. The number of carbonyl (C=O) groups excluding carboxylic acids is 2. The van der Waals surface area contributed by atoms with Crippen LogP contribution in [0.1, 0.15) is 53.0 Å². The molecular weight excluding hydrogens is 448 g/mol. The summed E-state index contributed by atoms with van der Waals surface area (Å²) >= 11 is 0. The lowest BCUT2D eigenvalue weighted by molar-refractivity contribution is -0.121. The van der Waals surface area contributed by atoms with Gasteiger partial charge in [-0.2, -0.15) is 5.10 Å².